The zero-order valence-electron chi connectivity index (χ0n) is 14.8. The minimum absolute atomic E-state index is 0.0118. The standard InChI is InChI=1S/C19H18N2O5S/c1-12-3-9-15(10-4-12)27(24,25)21-17-11-16(19(21)23)20(18(17)22)13-5-7-14(26-2)8-6-13/h3-10,16-17H,11H2,1-2H3/t16-,17-/m0/s1. The monoisotopic (exact) mass is 386 g/mol. The lowest BCUT2D eigenvalue weighted by Gasteiger charge is -2.32. The van der Waals surface area contributed by atoms with Gasteiger partial charge in [0.05, 0.1) is 12.0 Å². The van der Waals surface area contributed by atoms with Gasteiger partial charge in [-0.05, 0) is 43.3 Å². The van der Waals surface area contributed by atoms with Crippen LogP contribution in [0, 0.1) is 6.92 Å². The maximum atomic E-state index is 12.9. The SMILES string of the molecule is COc1ccc(N2C(=O)[C@@H]3C[C@H]2C(=O)N3S(=O)(=O)c2ccc(C)cc2)cc1. The van der Waals surface area contributed by atoms with Crippen molar-refractivity contribution in [3.63, 3.8) is 0 Å². The maximum Gasteiger partial charge on any atom is 0.267 e. The topological polar surface area (TPSA) is 84.0 Å². The first-order chi connectivity index (χ1) is 12.8. The van der Waals surface area contributed by atoms with Crippen molar-refractivity contribution in [1.29, 1.82) is 0 Å². The number of fused-ring (bicyclic) bond motifs is 2. The van der Waals surface area contributed by atoms with Crippen LogP contribution >= 0.6 is 0 Å². The van der Waals surface area contributed by atoms with Gasteiger partial charge in [-0.25, -0.2) is 12.7 Å². The predicted molar refractivity (Wildman–Crippen MR) is 97.9 cm³/mol. The highest BCUT2D eigenvalue weighted by molar-refractivity contribution is 7.89. The number of hydrogen-bond donors (Lipinski definition) is 0. The number of ether oxygens (including phenoxy) is 1. The molecular formula is C19H18N2O5S. The van der Waals surface area contributed by atoms with E-state index < -0.39 is 28.0 Å². The lowest BCUT2D eigenvalue weighted by atomic mass is 10.2. The van der Waals surface area contributed by atoms with Crippen LogP contribution in [0.2, 0.25) is 0 Å². The van der Waals surface area contributed by atoms with E-state index in [1.807, 2.05) is 6.92 Å². The Kier molecular flexibility index (Phi) is 3.96. The number of anilines is 1. The molecule has 0 aliphatic carbocycles. The molecule has 2 atom stereocenters. The molecular weight excluding hydrogens is 368 g/mol. The Labute approximate surface area is 157 Å². The summed E-state index contributed by atoms with van der Waals surface area (Å²) >= 11 is 0. The lowest BCUT2D eigenvalue weighted by Crippen LogP contribution is -2.55. The average molecular weight is 386 g/mol. The molecule has 2 aliphatic heterocycles. The van der Waals surface area contributed by atoms with E-state index in [1.54, 1.807) is 36.4 Å². The smallest absolute Gasteiger partial charge is 0.267 e. The van der Waals surface area contributed by atoms with E-state index in [4.69, 9.17) is 4.74 Å². The van der Waals surface area contributed by atoms with Crippen molar-refractivity contribution in [1.82, 2.24) is 4.31 Å². The first-order valence-electron chi connectivity index (χ1n) is 8.46. The molecule has 140 valence electrons. The summed E-state index contributed by atoms with van der Waals surface area (Å²) in [5.74, 6) is -0.332. The van der Waals surface area contributed by atoms with Crippen LogP contribution in [0.25, 0.3) is 0 Å². The molecule has 7 nitrogen and oxygen atoms in total. The normalized spacial score (nSPS) is 21.9. The molecule has 2 heterocycles. The zero-order valence-corrected chi connectivity index (χ0v) is 15.6. The number of carbonyl (C=O) groups is 2. The number of carbonyl (C=O) groups excluding carboxylic acids is 2. The summed E-state index contributed by atoms with van der Waals surface area (Å²) in [5, 5.41) is 0. The maximum absolute atomic E-state index is 12.9. The van der Waals surface area contributed by atoms with Crippen LogP contribution in [-0.4, -0.2) is 43.7 Å². The Morgan fingerprint density at radius 3 is 2.15 bits per heavy atom. The average Bonchev–Trinajstić information content (AvgIpc) is 3.17. The molecule has 0 saturated carbocycles. The Bertz CT molecular complexity index is 1020. The van der Waals surface area contributed by atoms with Gasteiger partial charge in [0.1, 0.15) is 17.8 Å². The van der Waals surface area contributed by atoms with Gasteiger partial charge in [-0.1, -0.05) is 17.7 Å². The highest BCUT2D eigenvalue weighted by Crippen LogP contribution is 2.39. The van der Waals surface area contributed by atoms with Gasteiger partial charge in [-0.15, -0.1) is 0 Å². The molecule has 2 amide bonds. The molecule has 2 fully saturated rings. The van der Waals surface area contributed by atoms with Gasteiger partial charge in [0.15, 0.2) is 0 Å². The number of piperazine rings is 1. The van der Waals surface area contributed by atoms with E-state index in [-0.39, 0.29) is 17.2 Å². The number of benzene rings is 2. The van der Waals surface area contributed by atoms with E-state index in [1.165, 1.54) is 24.1 Å². The van der Waals surface area contributed by atoms with Crippen molar-refractivity contribution in [2.75, 3.05) is 12.0 Å². The van der Waals surface area contributed by atoms with E-state index in [2.05, 4.69) is 0 Å². The van der Waals surface area contributed by atoms with Crippen molar-refractivity contribution in [3.05, 3.63) is 54.1 Å². The number of nitrogens with zero attached hydrogens (tertiary/aromatic N) is 2. The van der Waals surface area contributed by atoms with Crippen molar-refractivity contribution in [2.24, 2.45) is 0 Å². The van der Waals surface area contributed by atoms with Gasteiger partial charge in [-0.3, -0.25) is 14.5 Å². The molecule has 0 aromatic heterocycles. The summed E-state index contributed by atoms with van der Waals surface area (Å²) in [6.45, 7) is 1.84. The Morgan fingerprint density at radius 2 is 1.56 bits per heavy atom. The largest absolute Gasteiger partial charge is 0.497 e. The Morgan fingerprint density at radius 1 is 0.926 bits per heavy atom. The molecule has 4 rings (SSSR count). The minimum atomic E-state index is -4.07. The van der Waals surface area contributed by atoms with Crippen molar-refractivity contribution < 1.29 is 22.7 Å². The number of sulfonamides is 1. The van der Waals surface area contributed by atoms with Crippen molar-refractivity contribution in [3.8, 4) is 5.75 Å². The fraction of sp³-hybridized carbons (Fsp3) is 0.263. The number of hydrogen-bond acceptors (Lipinski definition) is 5. The predicted octanol–water partition coefficient (Wildman–Crippen LogP) is 1.71. The Balaban J connectivity index is 1.66. The Hall–Kier alpha value is -2.87. The van der Waals surface area contributed by atoms with Crippen LogP contribution in [0.1, 0.15) is 12.0 Å². The lowest BCUT2D eigenvalue weighted by molar-refractivity contribution is -0.133. The molecule has 0 radical (unpaired) electrons. The van der Waals surface area contributed by atoms with Crippen LogP contribution in [0.3, 0.4) is 0 Å². The summed E-state index contributed by atoms with van der Waals surface area (Å²) in [5.41, 5.74) is 1.46. The van der Waals surface area contributed by atoms with Crippen LogP contribution in [0.15, 0.2) is 53.4 Å². The quantitative estimate of drug-likeness (QED) is 0.799. The molecule has 2 aromatic rings. The summed E-state index contributed by atoms with van der Waals surface area (Å²) in [4.78, 5) is 27.1. The summed E-state index contributed by atoms with van der Waals surface area (Å²) in [6.07, 6.45) is 0.161. The van der Waals surface area contributed by atoms with E-state index in [9.17, 15) is 18.0 Å². The third-order valence-electron chi connectivity index (χ3n) is 4.99. The minimum Gasteiger partial charge on any atom is -0.497 e. The summed E-state index contributed by atoms with van der Waals surface area (Å²) in [7, 11) is -2.53. The molecule has 8 heteroatoms. The highest BCUT2D eigenvalue weighted by atomic mass is 32.2. The van der Waals surface area contributed by atoms with Gasteiger partial charge >= 0.3 is 0 Å². The first-order valence-corrected chi connectivity index (χ1v) is 9.90. The van der Waals surface area contributed by atoms with Gasteiger partial charge in [0.2, 0.25) is 0 Å². The molecule has 2 aliphatic rings. The fourth-order valence-corrected chi connectivity index (χ4v) is 5.18. The molecule has 27 heavy (non-hydrogen) atoms. The third kappa shape index (κ3) is 2.59. The second-order valence-electron chi connectivity index (χ2n) is 6.63. The van der Waals surface area contributed by atoms with Crippen LogP contribution in [0.5, 0.6) is 5.75 Å². The van der Waals surface area contributed by atoms with Gasteiger partial charge in [-0.2, -0.15) is 0 Å². The van der Waals surface area contributed by atoms with Gasteiger partial charge in [0.25, 0.3) is 21.8 Å². The fourth-order valence-electron chi connectivity index (χ4n) is 3.60. The van der Waals surface area contributed by atoms with Crippen LogP contribution < -0.4 is 9.64 Å². The van der Waals surface area contributed by atoms with Crippen LogP contribution in [-0.2, 0) is 19.6 Å². The number of rotatable bonds is 4. The van der Waals surface area contributed by atoms with E-state index >= 15 is 0 Å². The molecule has 2 aromatic carbocycles. The summed E-state index contributed by atoms with van der Waals surface area (Å²) in [6, 6.07) is 11.2. The molecule has 0 N–H and O–H groups in total. The van der Waals surface area contributed by atoms with Crippen molar-refractivity contribution >= 4 is 27.5 Å². The number of amides is 2. The van der Waals surface area contributed by atoms with Gasteiger partial charge < -0.3 is 4.74 Å². The van der Waals surface area contributed by atoms with E-state index in [0.717, 1.165) is 9.87 Å². The second-order valence-corrected chi connectivity index (χ2v) is 8.44. The van der Waals surface area contributed by atoms with Crippen molar-refractivity contribution in [2.45, 2.75) is 30.3 Å². The summed E-state index contributed by atoms with van der Waals surface area (Å²) < 4.78 is 31.7. The molecule has 0 unspecified atom stereocenters. The number of aryl methyl sites for hydroxylation is 1. The van der Waals surface area contributed by atoms with E-state index in [0.29, 0.717) is 11.4 Å². The highest BCUT2D eigenvalue weighted by Gasteiger charge is 2.59. The number of methoxy groups -OCH3 is 1. The second kappa shape index (κ2) is 6.09. The molecule has 2 saturated heterocycles. The first kappa shape index (κ1) is 17.5. The zero-order chi connectivity index (χ0) is 19.3. The third-order valence-corrected chi connectivity index (χ3v) is 6.81. The van der Waals surface area contributed by atoms with Gasteiger partial charge in [0, 0.05) is 12.1 Å². The van der Waals surface area contributed by atoms with Crippen LogP contribution in [0.4, 0.5) is 5.69 Å². The molecule has 0 spiro atoms. The molecule has 2 bridgehead atoms.